The number of hydrogen-bond donors (Lipinski definition) is 2. The van der Waals surface area contributed by atoms with Gasteiger partial charge in [0.25, 0.3) is 0 Å². The summed E-state index contributed by atoms with van der Waals surface area (Å²) in [6, 6.07) is 1.28. The molecule has 2 rings (SSSR count). The van der Waals surface area contributed by atoms with E-state index >= 15 is 0 Å². The number of carboxylic acids is 1. The SMILES string of the molecule is COc1c(O)cc(Br)c(C2(C(=O)O)CCCC2)c1F. The lowest BCUT2D eigenvalue weighted by Gasteiger charge is -2.27. The third-order valence-corrected chi connectivity index (χ3v) is 4.33. The third-order valence-electron chi connectivity index (χ3n) is 3.70. The van der Waals surface area contributed by atoms with Crippen LogP contribution in [-0.2, 0) is 10.2 Å². The molecule has 0 bridgehead atoms. The summed E-state index contributed by atoms with van der Waals surface area (Å²) in [6.45, 7) is 0. The Morgan fingerprint density at radius 1 is 1.47 bits per heavy atom. The number of methoxy groups -OCH3 is 1. The second-order valence-electron chi connectivity index (χ2n) is 4.69. The Kier molecular flexibility index (Phi) is 3.71. The molecular formula is C13H14BrFO4. The maximum atomic E-state index is 14.5. The molecule has 0 radical (unpaired) electrons. The first-order chi connectivity index (χ1) is 8.94. The van der Waals surface area contributed by atoms with E-state index in [2.05, 4.69) is 15.9 Å². The highest BCUT2D eigenvalue weighted by Gasteiger charge is 2.47. The summed E-state index contributed by atoms with van der Waals surface area (Å²) in [6.07, 6.45) is 2.24. The number of ether oxygens (including phenoxy) is 1. The Morgan fingerprint density at radius 3 is 2.53 bits per heavy atom. The molecule has 6 heteroatoms. The molecule has 0 spiro atoms. The number of aliphatic carboxylic acids is 1. The first kappa shape index (κ1) is 14.1. The van der Waals surface area contributed by atoms with Crippen LogP contribution in [0.15, 0.2) is 10.5 Å². The van der Waals surface area contributed by atoms with Gasteiger partial charge in [-0.3, -0.25) is 4.79 Å². The van der Waals surface area contributed by atoms with Gasteiger partial charge in [0.15, 0.2) is 17.3 Å². The van der Waals surface area contributed by atoms with E-state index in [0.29, 0.717) is 12.8 Å². The molecule has 1 fully saturated rings. The minimum absolute atomic E-state index is 0.0622. The molecule has 104 valence electrons. The first-order valence-corrected chi connectivity index (χ1v) is 6.72. The molecule has 0 unspecified atom stereocenters. The highest BCUT2D eigenvalue weighted by Crippen LogP contribution is 2.48. The molecular weight excluding hydrogens is 319 g/mol. The van der Waals surface area contributed by atoms with Crippen LogP contribution in [-0.4, -0.2) is 23.3 Å². The minimum Gasteiger partial charge on any atom is -0.504 e. The van der Waals surface area contributed by atoms with E-state index in [0.717, 1.165) is 12.8 Å². The first-order valence-electron chi connectivity index (χ1n) is 5.93. The van der Waals surface area contributed by atoms with Crippen LogP contribution in [0.4, 0.5) is 4.39 Å². The molecule has 2 N–H and O–H groups in total. The van der Waals surface area contributed by atoms with E-state index in [1.807, 2.05) is 0 Å². The second kappa shape index (κ2) is 5.00. The highest BCUT2D eigenvalue weighted by molar-refractivity contribution is 9.10. The molecule has 0 atom stereocenters. The van der Waals surface area contributed by atoms with E-state index in [9.17, 15) is 19.4 Å². The number of hydrogen-bond acceptors (Lipinski definition) is 3. The monoisotopic (exact) mass is 332 g/mol. The lowest BCUT2D eigenvalue weighted by molar-refractivity contribution is -0.143. The number of benzene rings is 1. The lowest BCUT2D eigenvalue weighted by atomic mass is 9.78. The van der Waals surface area contributed by atoms with Crippen LogP contribution in [0.1, 0.15) is 31.2 Å². The van der Waals surface area contributed by atoms with Gasteiger partial charge in [-0.1, -0.05) is 28.8 Å². The van der Waals surface area contributed by atoms with Gasteiger partial charge in [0.1, 0.15) is 0 Å². The molecule has 1 saturated carbocycles. The van der Waals surface area contributed by atoms with Crippen molar-refractivity contribution in [1.82, 2.24) is 0 Å². The fraction of sp³-hybridized carbons (Fsp3) is 0.462. The van der Waals surface area contributed by atoms with Crippen LogP contribution in [0.25, 0.3) is 0 Å². The maximum Gasteiger partial charge on any atom is 0.314 e. The van der Waals surface area contributed by atoms with Crippen molar-refractivity contribution in [3.8, 4) is 11.5 Å². The van der Waals surface area contributed by atoms with Crippen LogP contribution >= 0.6 is 15.9 Å². The Bertz CT molecular complexity index is 524. The standard InChI is InChI=1S/C13H14BrFO4/c1-19-11-8(16)6-7(14)9(10(11)15)13(12(17)18)4-2-3-5-13/h6,16H,2-5H2,1H3,(H,17,18). The normalized spacial score (nSPS) is 17.4. The number of carbonyl (C=O) groups is 1. The minimum atomic E-state index is -1.25. The number of carboxylic acid groups (broad SMARTS) is 1. The molecule has 1 aromatic carbocycles. The van der Waals surface area contributed by atoms with Gasteiger partial charge in [0.2, 0.25) is 0 Å². The average molecular weight is 333 g/mol. The molecule has 19 heavy (non-hydrogen) atoms. The van der Waals surface area contributed by atoms with E-state index in [1.54, 1.807) is 0 Å². The van der Waals surface area contributed by atoms with Gasteiger partial charge in [0, 0.05) is 10.0 Å². The summed E-state index contributed by atoms with van der Waals surface area (Å²) in [5, 5.41) is 19.1. The van der Waals surface area contributed by atoms with E-state index in [-0.39, 0.29) is 21.5 Å². The van der Waals surface area contributed by atoms with Crippen molar-refractivity contribution in [2.45, 2.75) is 31.1 Å². The number of rotatable bonds is 3. The molecule has 0 aliphatic heterocycles. The van der Waals surface area contributed by atoms with Crippen molar-refractivity contribution in [3.63, 3.8) is 0 Å². The van der Waals surface area contributed by atoms with Gasteiger partial charge in [-0.05, 0) is 18.9 Å². The van der Waals surface area contributed by atoms with Gasteiger partial charge in [-0.25, -0.2) is 4.39 Å². The number of phenolic OH excluding ortho intramolecular Hbond substituents is 1. The summed E-state index contributed by atoms with van der Waals surface area (Å²) >= 11 is 3.16. The molecule has 1 aromatic rings. The molecule has 1 aliphatic rings. The predicted molar refractivity (Wildman–Crippen MR) is 70.1 cm³/mol. The fourth-order valence-electron chi connectivity index (χ4n) is 2.77. The molecule has 0 heterocycles. The molecule has 0 aromatic heterocycles. The Labute approximate surface area is 118 Å². The Morgan fingerprint density at radius 2 is 2.05 bits per heavy atom. The van der Waals surface area contributed by atoms with Crippen LogP contribution < -0.4 is 4.74 Å². The zero-order valence-electron chi connectivity index (χ0n) is 10.4. The summed E-state index contributed by atoms with van der Waals surface area (Å²) < 4.78 is 19.5. The zero-order valence-corrected chi connectivity index (χ0v) is 12.0. The van der Waals surface area contributed by atoms with Crippen molar-refractivity contribution < 1.29 is 24.1 Å². The number of phenols is 1. The van der Waals surface area contributed by atoms with Gasteiger partial charge in [-0.2, -0.15) is 0 Å². The van der Waals surface area contributed by atoms with Gasteiger partial charge >= 0.3 is 5.97 Å². The molecule has 0 saturated heterocycles. The molecule has 0 amide bonds. The van der Waals surface area contributed by atoms with Crippen molar-refractivity contribution in [2.24, 2.45) is 0 Å². The summed E-state index contributed by atoms with van der Waals surface area (Å²) in [5.41, 5.74) is -1.18. The van der Waals surface area contributed by atoms with E-state index < -0.39 is 17.2 Å². The van der Waals surface area contributed by atoms with Gasteiger partial charge < -0.3 is 14.9 Å². The Balaban J connectivity index is 2.70. The largest absolute Gasteiger partial charge is 0.504 e. The van der Waals surface area contributed by atoms with Crippen molar-refractivity contribution in [3.05, 3.63) is 21.9 Å². The maximum absolute atomic E-state index is 14.5. The number of halogens is 2. The van der Waals surface area contributed by atoms with Crippen molar-refractivity contribution in [1.29, 1.82) is 0 Å². The summed E-state index contributed by atoms with van der Waals surface area (Å²) in [7, 11) is 1.23. The zero-order chi connectivity index (χ0) is 14.2. The smallest absolute Gasteiger partial charge is 0.314 e. The highest BCUT2D eigenvalue weighted by atomic mass is 79.9. The van der Waals surface area contributed by atoms with Crippen LogP contribution in [0.3, 0.4) is 0 Å². The van der Waals surface area contributed by atoms with Gasteiger partial charge in [-0.15, -0.1) is 0 Å². The third kappa shape index (κ3) is 2.08. The van der Waals surface area contributed by atoms with Crippen LogP contribution in [0, 0.1) is 5.82 Å². The number of aromatic hydroxyl groups is 1. The molecule has 1 aliphatic carbocycles. The topological polar surface area (TPSA) is 66.8 Å². The lowest BCUT2D eigenvalue weighted by Crippen LogP contribution is -2.34. The average Bonchev–Trinajstić information content (AvgIpc) is 2.79. The van der Waals surface area contributed by atoms with Crippen LogP contribution in [0.2, 0.25) is 0 Å². The van der Waals surface area contributed by atoms with E-state index in [1.165, 1.54) is 13.2 Å². The second-order valence-corrected chi connectivity index (χ2v) is 5.55. The summed E-state index contributed by atoms with van der Waals surface area (Å²) in [4.78, 5) is 11.6. The summed E-state index contributed by atoms with van der Waals surface area (Å²) in [5.74, 6) is -2.52. The molecule has 4 nitrogen and oxygen atoms in total. The fourth-order valence-corrected chi connectivity index (χ4v) is 3.54. The van der Waals surface area contributed by atoms with Crippen LogP contribution in [0.5, 0.6) is 11.5 Å². The van der Waals surface area contributed by atoms with E-state index in [4.69, 9.17) is 4.74 Å². The van der Waals surface area contributed by atoms with Crippen molar-refractivity contribution >= 4 is 21.9 Å². The van der Waals surface area contributed by atoms with Gasteiger partial charge in [0.05, 0.1) is 12.5 Å². The quantitative estimate of drug-likeness (QED) is 0.891. The predicted octanol–water partition coefficient (Wildman–Crippen LogP) is 3.20. The Hall–Kier alpha value is -1.30. The van der Waals surface area contributed by atoms with Crippen molar-refractivity contribution in [2.75, 3.05) is 7.11 Å².